The molecule has 2 N–H and O–H groups in total. The van der Waals surface area contributed by atoms with E-state index < -0.39 is 0 Å². The Bertz CT molecular complexity index is 768. The Morgan fingerprint density at radius 1 is 1.05 bits per heavy atom. The van der Waals surface area contributed by atoms with E-state index >= 15 is 0 Å². The molecule has 0 fully saturated rings. The number of ether oxygens (including phenoxy) is 1. The zero-order chi connectivity index (χ0) is 14.7. The predicted molar refractivity (Wildman–Crippen MR) is 88.7 cm³/mol. The Hall–Kier alpha value is -1.91. The van der Waals surface area contributed by atoms with E-state index in [4.69, 9.17) is 10.5 Å². The molecule has 3 nitrogen and oxygen atoms in total. The molecule has 0 spiro atoms. The third kappa shape index (κ3) is 3.06. The molecule has 106 valence electrons. The fourth-order valence-corrected chi connectivity index (χ4v) is 2.69. The second-order valence-corrected chi connectivity index (χ2v) is 5.63. The molecule has 0 saturated carbocycles. The van der Waals surface area contributed by atoms with E-state index in [1.54, 1.807) is 6.20 Å². The minimum atomic E-state index is 0.587. The Balaban J connectivity index is 2.02. The summed E-state index contributed by atoms with van der Waals surface area (Å²) in [7, 11) is 0. The molecule has 0 amide bonds. The van der Waals surface area contributed by atoms with E-state index in [0.717, 1.165) is 38.9 Å². The maximum atomic E-state index is 6.11. The van der Waals surface area contributed by atoms with Crippen LogP contribution in [0.25, 0.3) is 10.9 Å². The van der Waals surface area contributed by atoms with Gasteiger partial charge in [-0.1, -0.05) is 22.0 Å². The average molecular weight is 343 g/mol. The molecule has 21 heavy (non-hydrogen) atoms. The highest BCUT2D eigenvalue weighted by Gasteiger charge is 2.08. The number of hydrogen-bond donors (Lipinski definition) is 1. The third-order valence-electron chi connectivity index (χ3n) is 3.26. The monoisotopic (exact) mass is 342 g/mol. The SMILES string of the molecule is NCCc1cc(Br)ccc1Oc1cccc2ncccc12. The summed E-state index contributed by atoms with van der Waals surface area (Å²) in [4.78, 5) is 4.35. The van der Waals surface area contributed by atoms with Crippen LogP contribution >= 0.6 is 15.9 Å². The standard InChI is InChI=1S/C17H15BrN2O/c18-13-6-7-16(12(11-13)8-9-19)21-17-5-1-4-15-14(17)3-2-10-20-15/h1-7,10-11H,8-9,19H2. The molecule has 2 aromatic carbocycles. The van der Waals surface area contributed by atoms with Gasteiger partial charge in [0.15, 0.2) is 0 Å². The van der Waals surface area contributed by atoms with Crippen molar-refractivity contribution < 1.29 is 4.74 Å². The van der Waals surface area contributed by atoms with Crippen molar-refractivity contribution >= 4 is 26.8 Å². The highest BCUT2D eigenvalue weighted by molar-refractivity contribution is 9.10. The summed E-state index contributed by atoms with van der Waals surface area (Å²) in [5, 5.41) is 1.00. The molecule has 1 aromatic heterocycles. The first kappa shape index (κ1) is 14.0. The van der Waals surface area contributed by atoms with E-state index in [1.807, 2.05) is 48.5 Å². The molecular weight excluding hydrogens is 328 g/mol. The highest BCUT2D eigenvalue weighted by Crippen LogP contribution is 2.32. The Morgan fingerprint density at radius 3 is 2.81 bits per heavy atom. The van der Waals surface area contributed by atoms with Gasteiger partial charge in [-0.25, -0.2) is 0 Å². The van der Waals surface area contributed by atoms with Gasteiger partial charge in [-0.3, -0.25) is 4.98 Å². The van der Waals surface area contributed by atoms with Gasteiger partial charge in [0.2, 0.25) is 0 Å². The summed E-state index contributed by atoms with van der Waals surface area (Å²) in [5.41, 5.74) is 7.70. The molecule has 3 rings (SSSR count). The summed E-state index contributed by atoms with van der Waals surface area (Å²) in [6, 6.07) is 15.8. The lowest BCUT2D eigenvalue weighted by Gasteiger charge is -2.12. The van der Waals surface area contributed by atoms with Crippen LogP contribution in [0.3, 0.4) is 0 Å². The van der Waals surface area contributed by atoms with Crippen LogP contribution in [0, 0.1) is 0 Å². The minimum Gasteiger partial charge on any atom is -0.456 e. The first-order valence-electron chi connectivity index (χ1n) is 6.78. The molecule has 0 aliphatic rings. The zero-order valence-electron chi connectivity index (χ0n) is 11.4. The number of nitrogens with two attached hydrogens (primary N) is 1. The van der Waals surface area contributed by atoms with Gasteiger partial charge in [-0.15, -0.1) is 0 Å². The maximum absolute atomic E-state index is 6.11. The minimum absolute atomic E-state index is 0.587. The number of nitrogens with zero attached hydrogens (tertiary/aromatic N) is 1. The van der Waals surface area contributed by atoms with Crippen molar-refractivity contribution in [2.24, 2.45) is 5.73 Å². The number of halogens is 1. The number of benzene rings is 2. The molecule has 3 aromatic rings. The molecule has 0 bridgehead atoms. The van der Waals surface area contributed by atoms with Gasteiger partial charge in [0.1, 0.15) is 11.5 Å². The maximum Gasteiger partial charge on any atom is 0.136 e. The van der Waals surface area contributed by atoms with Gasteiger partial charge in [0, 0.05) is 16.1 Å². The number of pyridine rings is 1. The lowest BCUT2D eigenvalue weighted by molar-refractivity contribution is 0.481. The second kappa shape index (κ2) is 6.24. The van der Waals surface area contributed by atoms with Crippen LogP contribution in [0.4, 0.5) is 0 Å². The molecule has 1 heterocycles. The second-order valence-electron chi connectivity index (χ2n) is 4.72. The van der Waals surface area contributed by atoms with Crippen molar-refractivity contribution in [2.75, 3.05) is 6.54 Å². The van der Waals surface area contributed by atoms with E-state index in [0.29, 0.717) is 6.54 Å². The van der Waals surface area contributed by atoms with Crippen LogP contribution in [0.2, 0.25) is 0 Å². The fraction of sp³-hybridized carbons (Fsp3) is 0.118. The molecule has 0 aliphatic heterocycles. The number of aromatic nitrogens is 1. The number of hydrogen-bond acceptors (Lipinski definition) is 3. The predicted octanol–water partition coefficient (Wildman–Crippen LogP) is 4.29. The quantitative estimate of drug-likeness (QED) is 0.769. The van der Waals surface area contributed by atoms with E-state index in [9.17, 15) is 0 Å². The molecule has 0 atom stereocenters. The molecule has 0 unspecified atom stereocenters. The van der Waals surface area contributed by atoms with Crippen molar-refractivity contribution in [3.8, 4) is 11.5 Å². The summed E-state index contributed by atoms with van der Waals surface area (Å²) < 4.78 is 7.14. The summed E-state index contributed by atoms with van der Waals surface area (Å²) in [6.45, 7) is 0.587. The Labute approximate surface area is 131 Å². The number of rotatable bonds is 4. The molecule has 4 heteroatoms. The zero-order valence-corrected chi connectivity index (χ0v) is 13.0. The summed E-state index contributed by atoms with van der Waals surface area (Å²) >= 11 is 3.49. The van der Waals surface area contributed by atoms with Crippen molar-refractivity contribution in [3.63, 3.8) is 0 Å². The van der Waals surface area contributed by atoms with E-state index in [1.165, 1.54) is 0 Å². The molecular formula is C17H15BrN2O. The van der Waals surface area contributed by atoms with Crippen molar-refractivity contribution in [1.29, 1.82) is 0 Å². The average Bonchev–Trinajstić information content (AvgIpc) is 2.50. The fourth-order valence-electron chi connectivity index (χ4n) is 2.28. The van der Waals surface area contributed by atoms with Gasteiger partial charge in [-0.05, 0) is 61.0 Å². The topological polar surface area (TPSA) is 48.1 Å². The van der Waals surface area contributed by atoms with Gasteiger partial charge in [0.25, 0.3) is 0 Å². The lowest BCUT2D eigenvalue weighted by Crippen LogP contribution is -2.04. The third-order valence-corrected chi connectivity index (χ3v) is 3.76. The van der Waals surface area contributed by atoms with E-state index in [2.05, 4.69) is 20.9 Å². The van der Waals surface area contributed by atoms with Crippen molar-refractivity contribution in [1.82, 2.24) is 4.98 Å². The van der Waals surface area contributed by atoms with Crippen LogP contribution < -0.4 is 10.5 Å². The van der Waals surface area contributed by atoms with Gasteiger partial charge in [0.05, 0.1) is 5.52 Å². The van der Waals surface area contributed by atoms with Crippen LogP contribution in [0.5, 0.6) is 11.5 Å². The van der Waals surface area contributed by atoms with Gasteiger partial charge < -0.3 is 10.5 Å². The first-order valence-corrected chi connectivity index (χ1v) is 7.57. The Morgan fingerprint density at radius 2 is 1.95 bits per heavy atom. The number of fused-ring (bicyclic) bond motifs is 1. The van der Waals surface area contributed by atoms with Crippen molar-refractivity contribution in [2.45, 2.75) is 6.42 Å². The molecule has 0 radical (unpaired) electrons. The normalized spacial score (nSPS) is 10.8. The van der Waals surface area contributed by atoms with Gasteiger partial charge in [-0.2, -0.15) is 0 Å². The lowest BCUT2D eigenvalue weighted by atomic mass is 10.1. The summed E-state index contributed by atoms with van der Waals surface area (Å²) in [5.74, 6) is 1.64. The van der Waals surface area contributed by atoms with Crippen LogP contribution in [-0.2, 0) is 6.42 Å². The van der Waals surface area contributed by atoms with E-state index in [-0.39, 0.29) is 0 Å². The first-order chi connectivity index (χ1) is 10.3. The highest BCUT2D eigenvalue weighted by atomic mass is 79.9. The largest absolute Gasteiger partial charge is 0.456 e. The van der Waals surface area contributed by atoms with Crippen LogP contribution in [0.1, 0.15) is 5.56 Å². The molecule has 0 aliphatic carbocycles. The molecule has 0 saturated heterocycles. The van der Waals surface area contributed by atoms with Gasteiger partial charge >= 0.3 is 0 Å². The van der Waals surface area contributed by atoms with Crippen LogP contribution in [0.15, 0.2) is 59.2 Å². The van der Waals surface area contributed by atoms with Crippen molar-refractivity contribution in [3.05, 3.63) is 64.8 Å². The Kier molecular flexibility index (Phi) is 4.18. The van der Waals surface area contributed by atoms with Crippen LogP contribution in [-0.4, -0.2) is 11.5 Å². The summed E-state index contributed by atoms with van der Waals surface area (Å²) in [6.07, 6.45) is 2.56. The smallest absolute Gasteiger partial charge is 0.136 e.